The van der Waals surface area contributed by atoms with Crippen molar-refractivity contribution in [3.8, 4) is 0 Å². The maximum absolute atomic E-state index is 3.49. The van der Waals surface area contributed by atoms with Crippen molar-refractivity contribution in [1.29, 1.82) is 0 Å². The number of nitrogens with one attached hydrogen (secondary N) is 1. The first-order valence-electron chi connectivity index (χ1n) is 7.59. The Morgan fingerprint density at radius 3 is 2.12 bits per heavy atom. The van der Waals surface area contributed by atoms with E-state index in [1.54, 1.807) is 0 Å². The van der Waals surface area contributed by atoms with Crippen LogP contribution >= 0.6 is 0 Å². The molecule has 2 heteroatoms. The van der Waals surface area contributed by atoms with Crippen LogP contribution in [0.2, 0.25) is 0 Å². The molecule has 1 atom stereocenters. The molecule has 0 aromatic heterocycles. The van der Waals surface area contributed by atoms with E-state index in [-0.39, 0.29) is 0 Å². The van der Waals surface area contributed by atoms with Crippen LogP contribution in [0.15, 0.2) is 0 Å². The highest BCUT2D eigenvalue weighted by molar-refractivity contribution is 4.66. The molecule has 2 nitrogen and oxygen atoms in total. The predicted molar refractivity (Wildman–Crippen MR) is 78.6 cm³/mol. The van der Waals surface area contributed by atoms with E-state index in [1.807, 2.05) is 0 Å². The molecule has 0 radical (unpaired) electrons. The molecular weight excluding hydrogens is 208 g/mol. The van der Waals surface area contributed by atoms with Crippen molar-refractivity contribution in [3.05, 3.63) is 0 Å². The summed E-state index contributed by atoms with van der Waals surface area (Å²) in [7, 11) is 0. The van der Waals surface area contributed by atoms with Crippen LogP contribution in [-0.4, -0.2) is 36.6 Å². The number of hydrogen-bond acceptors (Lipinski definition) is 2. The van der Waals surface area contributed by atoms with Gasteiger partial charge in [0, 0.05) is 12.1 Å². The van der Waals surface area contributed by atoms with E-state index in [1.165, 1.54) is 51.7 Å². The van der Waals surface area contributed by atoms with Crippen molar-refractivity contribution in [3.63, 3.8) is 0 Å². The minimum absolute atomic E-state index is 0.626. The van der Waals surface area contributed by atoms with E-state index < -0.39 is 0 Å². The summed E-state index contributed by atoms with van der Waals surface area (Å²) in [6.45, 7) is 15.1. The van der Waals surface area contributed by atoms with E-state index in [0.29, 0.717) is 6.04 Å². The van der Waals surface area contributed by atoms with Gasteiger partial charge in [-0.15, -0.1) is 0 Å². The van der Waals surface area contributed by atoms with Crippen LogP contribution in [0.1, 0.15) is 66.7 Å². The van der Waals surface area contributed by atoms with E-state index >= 15 is 0 Å². The van der Waals surface area contributed by atoms with Gasteiger partial charge in [-0.1, -0.05) is 34.1 Å². The molecule has 0 amide bonds. The monoisotopic (exact) mass is 242 g/mol. The van der Waals surface area contributed by atoms with Crippen LogP contribution in [0.3, 0.4) is 0 Å². The summed E-state index contributed by atoms with van der Waals surface area (Å²) < 4.78 is 0. The Morgan fingerprint density at radius 1 is 0.941 bits per heavy atom. The molecule has 0 saturated carbocycles. The number of hydrogen-bond donors (Lipinski definition) is 1. The first-order chi connectivity index (χ1) is 8.11. The Kier molecular flexibility index (Phi) is 11.0. The normalized spacial score (nSPS) is 13.6. The van der Waals surface area contributed by atoms with Gasteiger partial charge in [0.05, 0.1) is 0 Å². The highest BCUT2D eigenvalue weighted by Gasteiger charge is 2.10. The van der Waals surface area contributed by atoms with E-state index in [9.17, 15) is 0 Å². The van der Waals surface area contributed by atoms with Gasteiger partial charge in [0.1, 0.15) is 0 Å². The Bertz CT molecular complexity index is 157. The molecular formula is C15H34N2. The summed E-state index contributed by atoms with van der Waals surface area (Å²) in [4.78, 5) is 2.67. The molecule has 0 aromatic rings. The molecule has 0 spiro atoms. The van der Waals surface area contributed by atoms with Crippen molar-refractivity contribution >= 4 is 0 Å². The van der Waals surface area contributed by atoms with Gasteiger partial charge in [0.25, 0.3) is 0 Å². The van der Waals surface area contributed by atoms with Gasteiger partial charge >= 0.3 is 0 Å². The van der Waals surface area contributed by atoms with Gasteiger partial charge < -0.3 is 10.2 Å². The van der Waals surface area contributed by atoms with Crippen LogP contribution in [0.4, 0.5) is 0 Å². The molecule has 17 heavy (non-hydrogen) atoms. The van der Waals surface area contributed by atoms with Crippen LogP contribution in [0.25, 0.3) is 0 Å². The summed E-state index contributed by atoms with van der Waals surface area (Å²) in [5, 5.41) is 3.49. The minimum atomic E-state index is 0.626. The molecule has 1 N–H and O–H groups in total. The van der Waals surface area contributed by atoms with Gasteiger partial charge in [-0.25, -0.2) is 0 Å². The lowest BCUT2D eigenvalue weighted by Gasteiger charge is -2.28. The maximum Gasteiger partial charge on any atom is 0.00643 e. The molecule has 0 saturated heterocycles. The summed E-state index contributed by atoms with van der Waals surface area (Å²) >= 11 is 0. The SMILES string of the molecule is CCCCN(CCCCNC(C)C)C(C)CC. The zero-order chi connectivity index (χ0) is 13.1. The first-order valence-corrected chi connectivity index (χ1v) is 7.59. The highest BCUT2D eigenvalue weighted by atomic mass is 15.1. The zero-order valence-electron chi connectivity index (χ0n) is 12.8. The van der Waals surface area contributed by atoms with E-state index in [2.05, 4.69) is 44.8 Å². The molecule has 0 aromatic carbocycles. The third-order valence-electron chi connectivity index (χ3n) is 3.44. The van der Waals surface area contributed by atoms with Crippen molar-refractivity contribution in [2.75, 3.05) is 19.6 Å². The Labute approximate surface area is 109 Å². The van der Waals surface area contributed by atoms with Crippen molar-refractivity contribution < 1.29 is 0 Å². The fraction of sp³-hybridized carbons (Fsp3) is 1.00. The second-order valence-corrected chi connectivity index (χ2v) is 5.46. The minimum Gasteiger partial charge on any atom is -0.315 e. The molecule has 0 bridgehead atoms. The molecule has 0 aliphatic heterocycles. The molecule has 0 rings (SSSR count). The van der Waals surface area contributed by atoms with Crippen LogP contribution in [0, 0.1) is 0 Å². The maximum atomic E-state index is 3.49. The molecule has 1 unspecified atom stereocenters. The second-order valence-electron chi connectivity index (χ2n) is 5.46. The van der Waals surface area contributed by atoms with Gasteiger partial charge in [-0.05, 0) is 52.2 Å². The predicted octanol–water partition coefficient (Wildman–Crippen LogP) is 3.67. The lowest BCUT2D eigenvalue weighted by atomic mass is 10.1. The average Bonchev–Trinajstić information content (AvgIpc) is 2.31. The van der Waals surface area contributed by atoms with Crippen LogP contribution < -0.4 is 5.32 Å². The number of unbranched alkanes of at least 4 members (excludes halogenated alkanes) is 2. The Morgan fingerprint density at radius 2 is 1.59 bits per heavy atom. The van der Waals surface area contributed by atoms with Crippen molar-refractivity contribution in [2.45, 2.75) is 78.8 Å². The van der Waals surface area contributed by atoms with Crippen LogP contribution in [-0.2, 0) is 0 Å². The van der Waals surface area contributed by atoms with Crippen molar-refractivity contribution in [1.82, 2.24) is 10.2 Å². The fourth-order valence-corrected chi connectivity index (χ4v) is 2.00. The van der Waals surface area contributed by atoms with Gasteiger partial charge in [-0.2, -0.15) is 0 Å². The second kappa shape index (κ2) is 11.0. The number of rotatable bonds is 11. The standard InChI is InChI=1S/C15H34N2/c1-6-8-12-17(15(5)7-2)13-10-9-11-16-14(3)4/h14-16H,6-13H2,1-5H3. The zero-order valence-corrected chi connectivity index (χ0v) is 12.8. The van der Waals surface area contributed by atoms with Gasteiger partial charge in [0.2, 0.25) is 0 Å². The van der Waals surface area contributed by atoms with Crippen molar-refractivity contribution in [2.24, 2.45) is 0 Å². The molecule has 0 heterocycles. The van der Waals surface area contributed by atoms with E-state index in [0.717, 1.165) is 6.04 Å². The Hall–Kier alpha value is -0.0800. The van der Waals surface area contributed by atoms with Gasteiger partial charge in [-0.3, -0.25) is 0 Å². The Balaban J connectivity index is 3.67. The summed E-state index contributed by atoms with van der Waals surface area (Å²) in [5.74, 6) is 0. The topological polar surface area (TPSA) is 15.3 Å². The first kappa shape index (κ1) is 16.9. The summed E-state index contributed by atoms with van der Waals surface area (Å²) in [5.41, 5.74) is 0. The summed E-state index contributed by atoms with van der Waals surface area (Å²) in [6, 6.07) is 1.38. The fourth-order valence-electron chi connectivity index (χ4n) is 2.00. The highest BCUT2D eigenvalue weighted by Crippen LogP contribution is 2.07. The smallest absolute Gasteiger partial charge is 0.00643 e. The largest absolute Gasteiger partial charge is 0.315 e. The lowest BCUT2D eigenvalue weighted by Crippen LogP contribution is -2.35. The number of nitrogens with zero attached hydrogens (tertiary/aromatic N) is 1. The quantitative estimate of drug-likeness (QED) is 0.556. The van der Waals surface area contributed by atoms with E-state index in [4.69, 9.17) is 0 Å². The van der Waals surface area contributed by atoms with Crippen LogP contribution in [0.5, 0.6) is 0 Å². The average molecular weight is 242 g/mol. The molecule has 0 fully saturated rings. The molecule has 0 aliphatic carbocycles. The third kappa shape index (κ3) is 9.61. The summed E-state index contributed by atoms with van der Waals surface area (Å²) in [6.07, 6.45) is 6.55. The lowest BCUT2D eigenvalue weighted by molar-refractivity contribution is 0.197. The molecule has 0 aliphatic rings. The molecule has 104 valence electrons. The van der Waals surface area contributed by atoms with Gasteiger partial charge in [0.15, 0.2) is 0 Å². The third-order valence-corrected chi connectivity index (χ3v) is 3.44.